The fourth-order valence-electron chi connectivity index (χ4n) is 4.32. The number of oxazole rings is 1. The van der Waals surface area contributed by atoms with E-state index in [-0.39, 0.29) is 34.3 Å². The van der Waals surface area contributed by atoms with Crippen LogP contribution in [0.2, 0.25) is 0 Å². The van der Waals surface area contributed by atoms with Gasteiger partial charge in [-0.1, -0.05) is 0 Å². The van der Waals surface area contributed by atoms with E-state index in [1.54, 1.807) is 19.9 Å². The normalized spacial score (nSPS) is 17.2. The van der Waals surface area contributed by atoms with Crippen LogP contribution >= 0.6 is 0 Å². The molecule has 0 amide bonds. The Hall–Kier alpha value is -3.74. The summed E-state index contributed by atoms with van der Waals surface area (Å²) in [5.41, 5.74) is 1.51. The number of Topliss-reactive ketones (excluding diaryl/α,β-unsaturated/α-hetero) is 1. The van der Waals surface area contributed by atoms with E-state index in [2.05, 4.69) is 0 Å². The molecule has 0 radical (unpaired) electrons. The number of nitrogens with zero attached hydrogens (tertiary/aromatic N) is 3. The molecular formula is C21H21N3O9S. The molecule has 12 nitrogen and oxygen atoms in total. The predicted octanol–water partition coefficient (Wildman–Crippen LogP) is 1.71. The lowest BCUT2D eigenvalue weighted by Gasteiger charge is -2.16. The van der Waals surface area contributed by atoms with Crippen LogP contribution in [0, 0.1) is 24.0 Å². The van der Waals surface area contributed by atoms with E-state index in [4.69, 9.17) is 9.15 Å². The number of esters is 1. The summed E-state index contributed by atoms with van der Waals surface area (Å²) in [7, 11) is -3.10. The number of nitro groups is 1. The first-order chi connectivity index (χ1) is 16.0. The van der Waals surface area contributed by atoms with Crippen molar-refractivity contribution in [3.63, 3.8) is 0 Å². The number of carbonyl (C=O) groups excluding carboxylic acids is 2. The topological polar surface area (TPSA) is 161 Å². The Balaban J connectivity index is 1.45. The fourth-order valence-corrected chi connectivity index (χ4v) is 6.02. The Kier molecular flexibility index (Phi) is 5.89. The highest BCUT2D eigenvalue weighted by Crippen LogP contribution is 2.29. The molecule has 1 unspecified atom stereocenters. The highest BCUT2D eigenvalue weighted by atomic mass is 32.2. The van der Waals surface area contributed by atoms with Crippen LogP contribution in [0.5, 0.6) is 0 Å². The number of aryl methyl sites for hydroxylation is 1. The van der Waals surface area contributed by atoms with Gasteiger partial charge in [0.1, 0.15) is 6.54 Å². The summed E-state index contributed by atoms with van der Waals surface area (Å²) < 4.78 is 36.5. The number of sulfone groups is 1. The van der Waals surface area contributed by atoms with Crippen molar-refractivity contribution in [1.82, 2.24) is 9.13 Å². The largest absolute Gasteiger partial charge is 0.456 e. The Bertz CT molecular complexity index is 1490. The van der Waals surface area contributed by atoms with E-state index in [1.807, 2.05) is 4.57 Å². The summed E-state index contributed by atoms with van der Waals surface area (Å²) in [5, 5.41) is 10.9. The van der Waals surface area contributed by atoms with Gasteiger partial charge in [-0.15, -0.1) is 0 Å². The first-order valence-electron chi connectivity index (χ1n) is 10.3. The number of rotatable bonds is 7. The molecule has 0 saturated carbocycles. The first kappa shape index (κ1) is 23.4. The minimum absolute atomic E-state index is 0.0164. The van der Waals surface area contributed by atoms with E-state index in [0.717, 1.165) is 16.3 Å². The van der Waals surface area contributed by atoms with Crippen LogP contribution in [0.4, 0.5) is 5.69 Å². The number of carbonyl (C=O) groups is 2. The van der Waals surface area contributed by atoms with Gasteiger partial charge in [-0.25, -0.2) is 13.2 Å². The number of ether oxygens (including phenoxy) is 1. The third-order valence-corrected chi connectivity index (χ3v) is 7.62. The lowest BCUT2D eigenvalue weighted by molar-refractivity contribution is -0.384. The second kappa shape index (κ2) is 8.56. The van der Waals surface area contributed by atoms with Crippen LogP contribution in [0.1, 0.15) is 34.2 Å². The zero-order valence-electron chi connectivity index (χ0n) is 18.3. The SMILES string of the molecule is Cc1cc(C(=O)COC(=O)Cn2c(=O)oc3cc([N+](=O)[O-])ccc32)c(C)n1C1CCS(=O)(=O)C1. The van der Waals surface area contributed by atoms with Gasteiger partial charge in [0.05, 0.1) is 28.0 Å². The van der Waals surface area contributed by atoms with Gasteiger partial charge in [0.15, 0.2) is 22.0 Å². The minimum atomic E-state index is -3.10. The Morgan fingerprint density at radius 2 is 2.00 bits per heavy atom. The van der Waals surface area contributed by atoms with Crippen LogP contribution in [-0.2, 0) is 25.9 Å². The van der Waals surface area contributed by atoms with Crippen LogP contribution in [0.25, 0.3) is 11.1 Å². The average Bonchev–Trinajstić information content (AvgIpc) is 3.38. The van der Waals surface area contributed by atoms with Crippen molar-refractivity contribution in [2.45, 2.75) is 32.9 Å². The maximum absolute atomic E-state index is 12.7. The summed E-state index contributed by atoms with van der Waals surface area (Å²) in [4.78, 5) is 47.3. The highest BCUT2D eigenvalue weighted by Gasteiger charge is 2.31. The molecule has 180 valence electrons. The number of hydrogen-bond donors (Lipinski definition) is 0. The number of fused-ring (bicyclic) bond motifs is 1. The first-order valence-corrected chi connectivity index (χ1v) is 12.1. The van der Waals surface area contributed by atoms with Gasteiger partial charge >= 0.3 is 11.7 Å². The minimum Gasteiger partial charge on any atom is -0.456 e. The van der Waals surface area contributed by atoms with Gasteiger partial charge in [-0.05, 0) is 32.4 Å². The average molecular weight is 491 g/mol. The fraction of sp³-hybridized carbons (Fsp3) is 0.381. The molecule has 3 aromatic rings. The molecule has 34 heavy (non-hydrogen) atoms. The number of non-ortho nitro benzene ring substituents is 1. The number of aromatic nitrogens is 2. The van der Waals surface area contributed by atoms with E-state index >= 15 is 0 Å². The number of benzene rings is 1. The molecule has 2 aromatic heterocycles. The van der Waals surface area contributed by atoms with E-state index in [9.17, 15) is 32.9 Å². The molecule has 1 aliphatic heterocycles. The molecule has 0 bridgehead atoms. The second-order valence-electron chi connectivity index (χ2n) is 8.16. The quantitative estimate of drug-likeness (QED) is 0.207. The Morgan fingerprint density at radius 3 is 2.65 bits per heavy atom. The van der Waals surface area contributed by atoms with Crippen LogP contribution in [0.15, 0.2) is 33.5 Å². The van der Waals surface area contributed by atoms with Gasteiger partial charge in [-0.2, -0.15) is 0 Å². The molecule has 1 aliphatic rings. The van der Waals surface area contributed by atoms with Crippen molar-refractivity contribution in [3.05, 3.63) is 61.9 Å². The Morgan fingerprint density at radius 1 is 1.26 bits per heavy atom. The van der Waals surface area contributed by atoms with Gasteiger partial charge < -0.3 is 13.7 Å². The molecule has 1 saturated heterocycles. The van der Waals surface area contributed by atoms with E-state index in [0.29, 0.717) is 17.7 Å². The molecule has 1 aromatic carbocycles. The standard InChI is InChI=1S/C21H21N3O9S/c1-12-7-16(13(2)23(12)15-5-6-34(30,31)11-15)18(25)10-32-20(26)9-22-17-4-3-14(24(28)29)8-19(17)33-21(22)27/h3-4,7-8,15H,5-6,9-11H2,1-2H3. The molecule has 13 heteroatoms. The summed E-state index contributed by atoms with van der Waals surface area (Å²) in [6.07, 6.45) is 0.470. The number of nitro benzene ring substituents is 1. The molecule has 1 atom stereocenters. The lowest BCUT2D eigenvalue weighted by atomic mass is 10.1. The highest BCUT2D eigenvalue weighted by molar-refractivity contribution is 7.91. The van der Waals surface area contributed by atoms with Crippen molar-refractivity contribution < 1.29 is 32.1 Å². The Labute approximate surface area is 192 Å². The third-order valence-electron chi connectivity index (χ3n) is 5.87. The van der Waals surface area contributed by atoms with E-state index in [1.165, 1.54) is 12.1 Å². The van der Waals surface area contributed by atoms with Crippen molar-refractivity contribution in [2.24, 2.45) is 0 Å². The maximum atomic E-state index is 12.7. The smallest absolute Gasteiger partial charge is 0.420 e. The lowest BCUT2D eigenvalue weighted by Crippen LogP contribution is -2.23. The predicted molar refractivity (Wildman–Crippen MR) is 119 cm³/mol. The van der Waals surface area contributed by atoms with Crippen LogP contribution in [0.3, 0.4) is 0 Å². The van der Waals surface area contributed by atoms with Crippen molar-refractivity contribution in [3.8, 4) is 0 Å². The molecule has 4 rings (SSSR count). The van der Waals surface area contributed by atoms with Gasteiger partial charge in [0.25, 0.3) is 5.69 Å². The maximum Gasteiger partial charge on any atom is 0.420 e. The van der Waals surface area contributed by atoms with Crippen molar-refractivity contribution in [1.29, 1.82) is 0 Å². The molecule has 0 N–H and O–H groups in total. The van der Waals surface area contributed by atoms with Gasteiger partial charge in [0.2, 0.25) is 5.78 Å². The van der Waals surface area contributed by atoms with Crippen molar-refractivity contribution in [2.75, 3.05) is 18.1 Å². The zero-order valence-corrected chi connectivity index (χ0v) is 19.2. The third kappa shape index (κ3) is 4.38. The van der Waals surface area contributed by atoms with Crippen LogP contribution < -0.4 is 5.76 Å². The monoisotopic (exact) mass is 491 g/mol. The molecular weight excluding hydrogens is 470 g/mol. The van der Waals surface area contributed by atoms with Gasteiger partial charge in [0, 0.05) is 29.1 Å². The zero-order chi connectivity index (χ0) is 24.8. The molecule has 3 heterocycles. The summed E-state index contributed by atoms with van der Waals surface area (Å²) >= 11 is 0. The van der Waals surface area contributed by atoms with Gasteiger partial charge in [-0.3, -0.25) is 24.3 Å². The molecule has 0 aliphatic carbocycles. The number of hydrogen-bond acceptors (Lipinski definition) is 9. The second-order valence-corrected chi connectivity index (χ2v) is 10.4. The van der Waals surface area contributed by atoms with Crippen LogP contribution in [-0.4, -0.2) is 52.3 Å². The van der Waals surface area contributed by atoms with Crippen molar-refractivity contribution >= 4 is 38.4 Å². The van der Waals surface area contributed by atoms with E-state index < -0.39 is 45.4 Å². The summed E-state index contributed by atoms with van der Waals surface area (Å²) in [5.74, 6) is -2.11. The molecule has 1 fully saturated rings. The number of ketones is 1. The summed E-state index contributed by atoms with van der Waals surface area (Å²) in [6, 6.07) is 4.93. The summed E-state index contributed by atoms with van der Waals surface area (Å²) in [6.45, 7) is 2.38. The molecule has 0 spiro atoms.